The molecule has 1 aromatic rings. The zero-order valence-corrected chi connectivity index (χ0v) is 12.9. The molecule has 0 spiro atoms. The first-order valence-corrected chi connectivity index (χ1v) is 7.14. The normalized spacial score (nSPS) is 21.4. The number of ether oxygens (including phenoxy) is 1. The molecule has 6 nitrogen and oxygen atoms in total. The van der Waals surface area contributed by atoms with E-state index in [0.29, 0.717) is 5.56 Å². The summed E-state index contributed by atoms with van der Waals surface area (Å²) in [4.78, 5) is 23.8. The van der Waals surface area contributed by atoms with Crippen LogP contribution in [0.5, 0.6) is 5.75 Å². The first kappa shape index (κ1) is 15.4. The molecule has 2 rings (SSSR count). The van der Waals surface area contributed by atoms with Crippen LogP contribution in [0, 0.1) is 5.92 Å². The fourth-order valence-corrected chi connectivity index (χ4v) is 2.61. The molecule has 1 aliphatic heterocycles. The van der Waals surface area contributed by atoms with Crippen molar-refractivity contribution < 1.29 is 19.4 Å². The predicted molar refractivity (Wildman–Crippen MR) is 79.5 cm³/mol. The van der Waals surface area contributed by atoms with E-state index >= 15 is 0 Å². The summed E-state index contributed by atoms with van der Waals surface area (Å²) in [7, 11) is 0. The van der Waals surface area contributed by atoms with Crippen LogP contribution in [0.3, 0.4) is 0 Å². The van der Waals surface area contributed by atoms with Crippen molar-refractivity contribution in [1.29, 1.82) is 0 Å². The van der Waals surface area contributed by atoms with Crippen LogP contribution in [0.15, 0.2) is 34.9 Å². The Balaban J connectivity index is 2.44. The first-order valence-electron chi connectivity index (χ1n) is 6.35. The van der Waals surface area contributed by atoms with Crippen molar-refractivity contribution in [2.75, 3.05) is 6.61 Å². The highest BCUT2D eigenvalue weighted by Gasteiger charge is 2.39. The second-order valence-electron chi connectivity index (χ2n) is 4.53. The molecule has 1 saturated heterocycles. The zero-order chi connectivity index (χ0) is 15.6. The summed E-state index contributed by atoms with van der Waals surface area (Å²) in [6.07, 6.45) is 0. The largest absolute Gasteiger partial charge is 0.508 e. The van der Waals surface area contributed by atoms with Crippen LogP contribution in [-0.4, -0.2) is 23.7 Å². The van der Waals surface area contributed by atoms with Gasteiger partial charge in [0.2, 0.25) is 0 Å². The van der Waals surface area contributed by atoms with E-state index in [9.17, 15) is 14.7 Å². The minimum absolute atomic E-state index is 0.0208. The van der Waals surface area contributed by atoms with E-state index < -0.39 is 24.0 Å². The molecule has 2 atom stereocenters. The zero-order valence-electron chi connectivity index (χ0n) is 11.4. The van der Waals surface area contributed by atoms with Gasteiger partial charge in [0.1, 0.15) is 11.7 Å². The second-order valence-corrected chi connectivity index (χ2v) is 5.45. The third-order valence-corrected chi connectivity index (χ3v) is 3.63. The minimum atomic E-state index is -0.817. The Hall–Kier alpha value is -2.02. The second kappa shape index (κ2) is 6.17. The number of rotatable bonds is 3. The molecule has 21 heavy (non-hydrogen) atoms. The summed E-state index contributed by atoms with van der Waals surface area (Å²) >= 11 is 3.30. The average Bonchev–Trinajstić information content (AvgIpc) is 2.40. The maximum Gasteiger partial charge on any atom is 0.319 e. The molecule has 1 fully saturated rings. The molecule has 7 heteroatoms. The molecule has 1 aliphatic rings. The number of nitrogens with one attached hydrogen (secondary N) is 2. The summed E-state index contributed by atoms with van der Waals surface area (Å²) in [5.41, 5.74) is 0.653. The molecule has 0 bridgehead atoms. The lowest BCUT2D eigenvalue weighted by Crippen LogP contribution is -2.51. The van der Waals surface area contributed by atoms with E-state index in [2.05, 4.69) is 33.1 Å². The van der Waals surface area contributed by atoms with Crippen LogP contribution in [0.1, 0.15) is 18.5 Å². The maximum atomic E-state index is 12.1. The van der Waals surface area contributed by atoms with Gasteiger partial charge in [-0.15, -0.1) is 0 Å². The van der Waals surface area contributed by atoms with Crippen LogP contribution in [-0.2, 0) is 9.53 Å². The summed E-state index contributed by atoms with van der Waals surface area (Å²) in [5.74, 6) is -1.35. The fourth-order valence-electron chi connectivity index (χ4n) is 2.23. The lowest BCUT2D eigenvalue weighted by molar-refractivity contribution is -0.147. The van der Waals surface area contributed by atoms with Crippen LogP contribution in [0.25, 0.3) is 0 Å². The molecular weight excluding hydrogens is 340 g/mol. The number of esters is 1. The number of carbonyl (C=O) groups is 2. The van der Waals surface area contributed by atoms with Crippen LogP contribution < -0.4 is 10.6 Å². The molecule has 2 unspecified atom stereocenters. The minimum Gasteiger partial charge on any atom is -0.508 e. The van der Waals surface area contributed by atoms with Gasteiger partial charge in [0.05, 0.1) is 12.6 Å². The van der Waals surface area contributed by atoms with Crippen molar-refractivity contribution in [3.8, 4) is 5.75 Å². The predicted octanol–water partition coefficient (Wildman–Crippen LogP) is 2.20. The van der Waals surface area contributed by atoms with Gasteiger partial charge in [-0.25, -0.2) is 4.79 Å². The number of hydrogen-bond donors (Lipinski definition) is 3. The third-order valence-electron chi connectivity index (χ3n) is 3.13. The molecule has 0 saturated carbocycles. The monoisotopic (exact) mass is 354 g/mol. The Bertz CT molecular complexity index is 603. The average molecular weight is 355 g/mol. The molecule has 0 aromatic heterocycles. The van der Waals surface area contributed by atoms with E-state index in [1.54, 1.807) is 19.1 Å². The van der Waals surface area contributed by atoms with Crippen LogP contribution in [0.4, 0.5) is 4.79 Å². The number of aromatic hydroxyl groups is 1. The van der Waals surface area contributed by atoms with Crippen LogP contribution in [0.2, 0.25) is 0 Å². The molecule has 2 amide bonds. The van der Waals surface area contributed by atoms with E-state index in [-0.39, 0.29) is 18.1 Å². The molecule has 1 aromatic carbocycles. The Labute approximate surface area is 130 Å². The van der Waals surface area contributed by atoms with E-state index in [1.165, 1.54) is 6.07 Å². The molecule has 1 heterocycles. The van der Waals surface area contributed by atoms with Gasteiger partial charge in [-0.2, -0.15) is 0 Å². The molecule has 3 N–H and O–H groups in total. The van der Waals surface area contributed by atoms with E-state index in [0.717, 1.165) is 4.47 Å². The molecule has 0 radical (unpaired) electrons. The van der Waals surface area contributed by atoms with Gasteiger partial charge >= 0.3 is 12.0 Å². The van der Waals surface area contributed by atoms with Crippen molar-refractivity contribution >= 4 is 27.9 Å². The summed E-state index contributed by atoms with van der Waals surface area (Å²) in [6.45, 7) is 5.62. The van der Waals surface area contributed by atoms with Crippen molar-refractivity contribution in [3.05, 3.63) is 40.5 Å². The van der Waals surface area contributed by atoms with Gasteiger partial charge in [0.25, 0.3) is 0 Å². The highest BCUT2D eigenvalue weighted by atomic mass is 79.9. The third kappa shape index (κ3) is 3.18. The van der Waals surface area contributed by atoms with Gasteiger partial charge in [0.15, 0.2) is 0 Å². The molecular formula is C14H15BrN2O4. The summed E-state index contributed by atoms with van der Waals surface area (Å²) in [5, 5.41) is 15.1. The number of phenols is 1. The fraction of sp³-hybridized carbons (Fsp3) is 0.286. The smallest absolute Gasteiger partial charge is 0.319 e. The van der Waals surface area contributed by atoms with Crippen molar-refractivity contribution in [3.63, 3.8) is 0 Å². The van der Waals surface area contributed by atoms with Crippen LogP contribution >= 0.6 is 15.9 Å². The number of halogens is 1. The lowest BCUT2D eigenvalue weighted by atomic mass is 9.88. The van der Waals surface area contributed by atoms with E-state index in [1.807, 2.05) is 0 Å². The number of benzene rings is 1. The van der Waals surface area contributed by atoms with Gasteiger partial charge < -0.3 is 20.5 Å². The Kier molecular flexibility index (Phi) is 4.52. The standard InChI is InChI=1S/C14H15BrN2O4/c1-3-21-13(19)11-7(2)16-14(20)17-12(11)9-6-8(15)4-5-10(9)18/h4-6,11-12,18H,2-3H2,1H3,(H2,16,17,20). The summed E-state index contributed by atoms with van der Waals surface area (Å²) < 4.78 is 5.74. The van der Waals surface area contributed by atoms with Crippen molar-refractivity contribution in [1.82, 2.24) is 10.6 Å². The molecule has 112 valence electrons. The number of phenolic OH excluding ortho intramolecular Hbond substituents is 1. The summed E-state index contributed by atoms with van der Waals surface area (Å²) in [6, 6.07) is 3.56. The number of amides is 2. The Morgan fingerprint density at radius 1 is 1.52 bits per heavy atom. The number of hydrogen-bond acceptors (Lipinski definition) is 4. The van der Waals surface area contributed by atoms with Gasteiger partial charge in [0, 0.05) is 15.7 Å². The highest BCUT2D eigenvalue weighted by molar-refractivity contribution is 9.10. The van der Waals surface area contributed by atoms with Gasteiger partial charge in [-0.05, 0) is 25.1 Å². The van der Waals surface area contributed by atoms with Gasteiger partial charge in [-0.1, -0.05) is 22.5 Å². The number of urea groups is 1. The van der Waals surface area contributed by atoms with E-state index in [4.69, 9.17) is 4.74 Å². The first-order chi connectivity index (χ1) is 9.93. The topological polar surface area (TPSA) is 87.7 Å². The van der Waals surface area contributed by atoms with Crippen molar-refractivity contribution in [2.45, 2.75) is 13.0 Å². The quantitative estimate of drug-likeness (QED) is 0.726. The van der Waals surface area contributed by atoms with Crippen molar-refractivity contribution in [2.24, 2.45) is 5.92 Å². The van der Waals surface area contributed by atoms with Gasteiger partial charge in [-0.3, -0.25) is 4.79 Å². The molecule has 0 aliphatic carbocycles. The lowest BCUT2D eigenvalue weighted by Gasteiger charge is -2.33. The SMILES string of the molecule is C=C1NC(=O)NC(c2cc(Br)ccc2O)C1C(=O)OCC. The Morgan fingerprint density at radius 3 is 2.90 bits per heavy atom. The number of carbonyl (C=O) groups excluding carboxylic acids is 2. The highest BCUT2D eigenvalue weighted by Crippen LogP contribution is 2.36. The Morgan fingerprint density at radius 2 is 2.24 bits per heavy atom. The maximum absolute atomic E-state index is 12.1.